The van der Waals surface area contributed by atoms with Crippen LogP contribution >= 0.6 is 11.8 Å². The van der Waals surface area contributed by atoms with Gasteiger partial charge in [-0.1, -0.05) is 102 Å². The number of nitrogens with zero attached hydrogens (tertiary/aromatic N) is 5. The molecule has 0 radical (unpaired) electrons. The number of rotatable bonds is 7. The van der Waals surface area contributed by atoms with Gasteiger partial charge in [0.1, 0.15) is 5.52 Å². The Hall–Kier alpha value is -2.32. The van der Waals surface area contributed by atoms with E-state index >= 15 is 0 Å². The molecule has 0 spiro atoms. The van der Waals surface area contributed by atoms with Crippen LogP contribution in [0, 0.1) is 11.8 Å². The van der Waals surface area contributed by atoms with Crippen LogP contribution in [-0.2, 0) is 11.3 Å². The van der Waals surface area contributed by atoms with Crippen LogP contribution in [0.4, 0.5) is 11.8 Å². The van der Waals surface area contributed by atoms with Gasteiger partial charge >= 0.3 is 0 Å². The van der Waals surface area contributed by atoms with Crippen LogP contribution in [0.15, 0.2) is 41.6 Å². The molecule has 0 amide bonds. The highest BCUT2D eigenvalue weighted by molar-refractivity contribution is 7.98. The molecule has 2 aliphatic carbocycles. The molecule has 3 aliphatic rings. The van der Waals surface area contributed by atoms with E-state index in [0.717, 1.165) is 66.9 Å². The van der Waals surface area contributed by atoms with Crippen molar-refractivity contribution in [2.24, 2.45) is 11.8 Å². The number of fused-ring (bicyclic) bond motifs is 1. The van der Waals surface area contributed by atoms with E-state index in [4.69, 9.17) is 19.7 Å². The molecule has 1 aliphatic heterocycles. The Kier molecular flexibility index (Phi) is 14.8. The van der Waals surface area contributed by atoms with Crippen LogP contribution in [-0.4, -0.2) is 58.1 Å². The molecule has 228 valence electrons. The number of aromatic nitrogens is 4. The Morgan fingerprint density at radius 1 is 0.854 bits per heavy atom. The zero-order chi connectivity index (χ0) is 29.5. The summed E-state index contributed by atoms with van der Waals surface area (Å²) in [5.41, 5.74) is 1.93. The fraction of sp³-hybridized carbons (Fsp3) is 0.667. The van der Waals surface area contributed by atoms with Crippen LogP contribution in [0.2, 0.25) is 0 Å². The van der Waals surface area contributed by atoms with E-state index in [1.807, 2.05) is 70.3 Å². The molecule has 8 heteroatoms. The minimum absolute atomic E-state index is 0.423. The number of thioether (sulfide) groups is 1. The maximum Gasteiger partial charge on any atom is 0.208 e. The predicted molar refractivity (Wildman–Crippen MR) is 176 cm³/mol. The SMILES string of the molecule is CC.CC.CSc1nc(N[C@H](C)C2CCC2)c2c(n1)nc(N1CCOCC1)n2CC1CCCCC1.c1ccccc1. The summed E-state index contributed by atoms with van der Waals surface area (Å²) in [6, 6.07) is 12.4. The number of hydrogen-bond donors (Lipinski definition) is 1. The van der Waals surface area contributed by atoms with Crippen molar-refractivity contribution in [3.05, 3.63) is 36.4 Å². The zero-order valence-electron chi connectivity index (χ0n) is 26.4. The van der Waals surface area contributed by atoms with E-state index in [2.05, 4.69) is 21.7 Å². The highest BCUT2D eigenvalue weighted by atomic mass is 32.2. The molecule has 1 atom stereocenters. The second-order valence-electron chi connectivity index (χ2n) is 10.6. The van der Waals surface area contributed by atoms with Gasteiger partial charge in [0.2, 0.25) is 5.95 Å². The Morgan fingerprint density at radius 3 is 2.00 bits per heavy atom. The molecule has 2 saturated carbocycles. The third-order valence-corrected chi connectivity index (χ3v) is 8.64. The highest BCUT2D eigenvalue weighted by Crippen LogP contribution is 2.35. The largest absolute Gasteiger partial charge is 0.378 e. The number of benzene rings is 1. The zero-order valence-corrected chi connectivity index (χ0v) is 27.3. The normalized spacial score (nSPS) is 18.0. The molecule has 0 unspecified atom stereocenters. The van der Waals surface area contributed by atoms with Gasteiger partial charge in [0.25, 0.3) is 0 Å². The fourth-order valence-electron chi connectivity index (χ4n) is 5.66. The number of anilines is 2. The number of nitrogens with one attached hydrogen (secondary N) is 1. The van der Waals surface area contributed by atoms with Gasteiger partial charge in [-0.05, 0) is 50.7 Å². The van der Waals surface area contributed by atoms with Gasteiger partial charge < -0.3 is 19.5 Å². The lowest BCUT2D eigenvalue weighted by molar-refractivity contribution is 0.121. The molecule has 3 aromatic rings. The number of imidazole rings is 1. The third-order valence-electron chi connectivity index (χ3n) is 8.09. The lowest BCUT2D eigenvalue weighted by Crippen LogP contribution is -2.38. The van der Waals surface area contributed by atoms with Gasteiger partial charge in [0.05, 0.1) is 13.2 Å². The molecule has 3 fully saturated rings. The second-order valence-corrected chi connectivity index (χ2v) is 11.4. The first kappa shape index (κ1) is 33.2. The van der Waals surface area contributed by atoms with Crippen molar-refractivity contribution >= 4 is 34.7 Å². The lowest BCUT2D eigenvalue weighted by atomic mass is 9.80. The van der Waals surface area contributed by atoms with Crippen molar-refractivity contribution in [1.82, 2.24) is 19.5 Å². The standard InChI is InChI=1S/C23H36N6OS.C6H6.2C2H6/c1-16(18-9-6-10-18)24-20-19-21(26-22(25-20)31-2)27-23(28-11-13-30-14-12-28)29(19)15-17-7-4-3-5-8-17;1-2-4-6-5-3-1;2*1-2/h16-18H,3-15H2,1-2H3,(H,24,25,26);1-6H;2*1-2H3/t16-;;;/m1.../s1. The minimum atomic E-state index is 0.423. The topological polar surface area (TPSA) is 68.1 Å². The Bertz CT molecular complexity index is 1080. The molecule has 3 heterocycles. The summed E-state index contributed by atoms with van der Waals surface area (Å²) in [6.07, 6.45) is 12.7. The number of morpholine rings is 1. The smallest absolute Gasteiger partial charge is 0.208 e. The average molecular weight is 583 g/mol. The molecule has 0 bridgehead atoms. The first-order valence-corrected chi connectivity index (χ1v) is 17.4. The van der Waals surface area contributed by atoms with Gasteiger partial charge in [-0.25, -0.2) is 9.97 Å². The van der Waals surface area contributed by atoms with Crippen molar-refractivity contribution in [2.45, 2.75) is 104 Å². The summed E-state index contributed by atoms with van der Waals surface area (Å²) >= 11 is 1.59. The van der Waals surface area contributed by atoms with Gasteiger partial charge in [-0.15, -0.1) is 0 Å². The maximum atomic E-state index is 5.62. The fourth-order valence-corrected chi connectivity index (χ4v) is 6.02. The van der Waals surface area contributed by atoms with Crippen LogP contribution in [0.25, 0.3) is 11.2 Å². The minimum Gasteiger partial charge on any atom is -0.378 e. The molecule has 6 rings (SSSR count). The van der Waals surface area contributed by atoms with Crippen LogP contribution in [0.5, 0.6) is 0 Å². The molecular formula is C33H54N6OS. The van der Waals surface area contributed by atoms with Crippen LogP contribution < -0.4 is 10.2 Å². The van der Waals surface area contributed by atoms with Crippen molar-refractivity contribution in [3.63, 3.8) is 0 Å². The highest BCUT2D eigenvalue weighted by Gasteiger charge is 2.28. The van der Waals surface area contributed by atoms with E-state index in [9.17, 15) is 0 Å². The molecule has 2 aromatic heterocycles. The number of ether oxygens (including phenoxy) is 1. The average Bonchev–Trinajstić information content (AvgIpc) is 3.38. The van der Waals surface area contributed by atoms with E-state index in [0.29, 0.717) is 12.0 Å². The summed E-state index contributed by atoms with van der Waals surface area (Å²) in [7, 11) is 0. The third kappa shape index (κ3) is 9.34. The summed E-state index contributed by atoms with van der Waals surface area (Å²) in [4.78, 5) is 17.2. The Labute approximate surface area is 253 Å². The first-order valence-electron chi connectivity index (χ1n) is 16.1. The van der Waals surface area contributed by atoms with Gasteiger partial charge in [-0.2, -0.15) is 4.98 Å². The van der Waals surface area contributed by atoms with Crippen molar-refractivity contribution in [2.75, 3.05) is 42.8 Å². The quantitative estimate of drug-likeness (QED) is 0.222. The van der Waals surface area contributed by atoms with E-state index < -0.39 is 0 Å². The first-order chi connectivity index (χ1) is 20.2. The second kappa shape index (κ2) is 18.3. The molecule has 1 saturated heterocycles. The Morgan fingerprint density at radius 2 is 1.46 bits per heavy atom. The van der Waals surface area contributed by atoms with Gasteiger partial charge in [-0.3, -0.25) is 0 Å². The molecule has 7 nitrogen and oxygen atoms in total. The van der Waals surface area contributed by atoms with E-state index in [1.165, 1.54) is 51.4 Å². The van der Waals surface area contributed by atoms with Crippen molar-refractivity contribution in [1.29, 1.82) is 0 Å². The predicted octanol–water partition coefficient (Wildman–Crippen LogP) is 8.30. The van der Waals surface area contributed by atoms with Crippen LogP contribution in [0.1, 0.15) is 86.0 Å². The number of hydrogen-bond acceptors (Lipinski definition) is 7. The van der Waals surface area contributed by atoms with E-state index in [1.54, 1.807) is 11.8 Å². The molecule has 41 heavy (non-hydrogen) atoms. The molecular weight excluding hydrogens is 528 g/mol. The lowest BCUT2D eigenvalue weighted by Gasteiger charge is -2.33. The van der Waals surface area contributed by atoms with Crippen molar-refractivity contribution in [3.8, 4) is 0 Å². The van der Waals surface area contributed by atoms with Crippen molar-refractivity contribution < 1.29 is 4.74 Å². The van der Waals surface area contributed by atoms with Gasteiger partial charge in [0.15, 0.2) is 16.6 Å². The maximum absolute atomic E-state index is 5.62. The van der Waals surface area contributed by atoms with E-state index in [-0.39, 0.29) is 0 Å². The van der Waals surface area contributed by atoms with Gasteiger partial charge in [0, 0.05) is 25.7 Å². The van der Waals surface area contributed by atoms with Crippen LogP contribution in [0.3, 0.4) is 0 Å². The summed E-state index contributed by atoms with van der Waals surface area (Å²) in [5.74, 6) is 3.48. The monoisotopic (exact) mass is 582 g/mol. The Balaban J connectivity index is 0.000000400. The molecule has 1 aromatic carbocycles. The summed E-state index contributed by atoms with van der Waals surface area (Å²) < 4.78 is 8.06. The summed E-state index contributed by atoms with van der Waals surface area (Å²) in [6.45, 7) is 14.6. The molecule has 1 N–H and O–H groups in total. The summed E-state index contributed by atoms with van der Waals surface area (Å²) in [5, 5.41) is 4.58.